The van der Waals surface area contributed by atoms with Crippen LogP contribution in [0.1, 0.15) is 25.3 Å². The number of nitrogens with two attached hydrogens (primary N) is 2. The van der Waals surface area contributed by atoms with Crippen molar-refractivity contribution < 1.29 is 18.4 Å². The van der Waals surface area contributed by atoms with Crippen LogP contribution in [-0.4, -0.2) is 32.7 Å². The molecule has 2 amide bonds. The largest absolute Gasteiger partial charge is 0.404 e. The average Bonchev–Trinajstić information content (AvgIpc) is 3.73. The van der Waals surface area contributed by atoms with Crippen molar-refractivity contribution in [2.24, 2.45) is 17.4 Å². The number of alkyl halides is 2. The molecule has 11 heteroatoms. The molecule has 0 atom stereocenters. The molecule has 38 heavy (non-hydrogen) atoms. The molecule has 0 bridgehead atoms. The predicted octanol–water partition coefficient (Wildman–Crippen LogP) is 4.14. The molecule has 1 aliphatic rings. The van der Waals surface area contributed by atoms with Crippen LogP contribution < -0.4 is 22.1 Å². The van der Waals surface area contributed by atoms with Crippen molar-refractivity contribution in [3.63, 3.8) is 0 Å². The zero-order valence-electron chi connectivity index (χ0n) is 20.8. The number of amides is 2. The molecule has 196 valence electrons. The number of hydrogen-bond acceptors (Lipinski definition) is 7. The summed E-state index contributed by atoms with van der Waals surface area (Å²) in [6, 6.07) is 8.78. The average molecular weight is 520 g/mol. The minimum Gasteiger partial charge on any atom is -0.404 e. The Balaban J connectivity index is 1.56. The minimum atomic E-state index is -3.25. The summed E-state index contributed by atoms with van der Waals surface area (Å²) in [5.41, 5.74) is 14.1. The molecular weight excluding hydrogens is 492 g/mol. The second kappa shape index (κ2) is 10.8. The SMILES string of the molecule is Cc1ccc(NC(=O)/C(N)=C/C(=C\N)C(C)(F)F)cc1-c1cncc(-c2cc(NC(=O)C3CC3)ncn2)c1. The number of nitrogens with one attached hydrogen (secondary N) is 2. The number of halogens is 2. The highest BCUT2D eigenvalue weighted by molar-refractivity contribution is 6.03. The van der Waals surface area contributed by atoms with Crippen LogP contribution in [0.2, 0.25) is 0 Å². The third kappa shape index (κ3) is 6.36. The molecule has 0 aliphatic heterocycles. The summed E-state index contributed by atoms with van der Waals surface area (Å²) in [5.74, 6) is -3.59. The molecule has 1 aliphatic carbocycles. The third-order valence-electron chi connectivity index (χ3n) is 5.97. The molecule has 0 saturated heterocycles. The number of rotatable bonds is 8. The van der Waals surface area contributed by atoms with Crippen LogP contribution in [0.3, 0.4) is 0 Å². The lowest BCUT2D eigenvalue weighted by atomic mass is 9.99. The minimum absolute atomic E-state index is 0.0479. The molecule has 2 heterocycles. The van der Waals surface area contributed by atoms with Crippen LogP contribution in [0.25, 0.3) is 22.4 Å². The fraction of sp³-hybridized carbons (Fsp3) is 0.222. The van der Waals surface area contributed by atoms with E-state index in [4.69, 9.17) is 11.5 Å². The number of allylic oxidation sites excluding steroid dienone is 2. The first kappa shape index (κ1) is 26.4. The van der Waals surface area contributed by atoms with Gasteiger partial charge in [-0.25, -0.2) is 18.7 Å². The maximum Gasteiger partial charge on any atom is 0.271 e. The number of aromatic nitrogens is 3. The number of aryl methyl sites for hydroxylation is 1. The summed E-state index contributed by atoms with van der Waals surface area (Å²) in [7, 11) is 0. The second-order valence-electron chi connectivity index (χ2n) is 9.11. The molecule has 3 aromatic rings. The smallest absolute Gasteiger partial charge is 0.271 e. The van der Waals surface area contributed by atoms with Gasteiger partial charge in [0.15, 0.2) is 0 Å². The normalized spacial score (nSPS) is 14.2. The first-order valence-corrected chi connectivity index (χ1v) is 11.8. The Labute approximate surface area is 218 Å². The van der Waals surface area contributed by atoms with Crippen LogP contribution in [0.15, 0.2) is 72.6 Å². The van der Waals surface area contributed by atoms with Crippen LogP contribution in [-0.2, 0) is 9.59 Å². The standard InChI is InChI=1S/C27H27F2N7O2/c1-15-3-6-20(35-26(38)22(31)8-19(11-30)27(2,28)29)9-21(15)17-7-18(13-32-12-17)23-10-24(34-14-33-23)36-25(37)16-4-5-16/h3,6-14,16H,4-5,30-31H2,1-2H3,(H,35,38)(H,33,34,36,37)/b19-11+,22-8-. The van der Waals surface area contributed by atoms with Gasteiger partial charge < -0.3 is 22.1 Å². The van der Waals surface area contributed by atoms with Gasteiger partial charge >= 0.3 is 0 Å². The molecule has 2 aromatic heterocycles. The first-order valence-electron chi connectivity index (χ1n) is 11.8. The molecular formula is C27H27F2N7O2. The Kier molecular flexibility index (Phi) is 7.47. The number of benzene rings is 1. The van der Waals surface area contributed by atoms with Gasteiger partial charge in [-0.05, 0) is 55.2 Å². The van der Waals surface area contributed by atoms with Crippen molar-refractivity contribution >= 4 is 23.3 Å². The van der Waals surface area contributed by atoms with Gasteiger partial charge in [-0.2, -0.15) is 0 Å². The van der Waals surface area contributed by atoms with Gasteiger partial charge in [0, 0.05) is 59.9 Å². The maximum atomic E-state index is 13.6. The summed E-state index contributed by atoms with van der Waals surface area (Å²) in [6.45, 7) is 2.56. The second-order valence-corrected chi connectivity index (χ2v) is 9.11. The van der Waals surface area contributed by atoms with E-state index in [-0.39, 0.29) is 11.8 Å². The number of nitrogens with zero attached hydrogens (tertiary/aromatic N) is 3. The lowest BCUT2D eigenvalue weighted by Gasteiger charge is -2.13. The van der Waals surface area contributed by atoms with Gasteiger partial charge in [0.05, 0.1) is 11.4 Å². The van der Waals surface area contributed by atoms with Crippen molar-refractivity contribution in [1.29, 1.82) is 0 Å². The van der Waals surface area contributed by atoms with Gasteiger partial charge in [0.1, 0.15) is 12.1 Å². The highest BCUT2D eigenvalue weighted by Crippen LogP contribution is 2.32. The first-order chi connectivity index (χ1) is 18.0. The van der Waals surface area contributed by atoms with E-state index in [1.807, 2.05) is 13.0 Å². The molecule has 0 spiro atoms. The summed E-state index contributed by atoms with van der Waals surface area (Å²) < 4.78 is 27.2. The zero-order chi connectivity index (χ0) is 27.4. The van der Waals surface area contributed by atoms with Gasteiger partial charge in [0.25, 0.3) is 11.8 Å². The molecule has 1 aromatic carbocycles. The molecule has 9 nitrogen and oxygen atoms in total. The quantitative estimate of drug-likeness (QED) is 0.258. The van der Waals surface area contributed by atoms with E-state index in [1.165, 1.54) is 6.33 Å². The van der Waals surface area contributed by atoms with E-state index >= 15 is 0 Å². The summed E-state index contributed by atoms with van der Waals surface area (Å²) >= 11 is 0. The third-order valence-corrected chi connectivity index (χ3v) is 5.97. The fourth-order valence-electron chi connectivity index (χ4n) is 3.65. The maximum absolute atomic E-state index is 13.6. The van der Waals surface area contributed by atoms with Crippen molar-refractivity contribution in [3.8, 4) is 22.4 Å². The number of hydrogen-bond donors (Lipinski definition) is 4. The number of carbonyl (C=O) groups excluding carboxylic acids is 2. The Morgan fingerprint density at radius 3 is 2.50 bits per heavy atom. The highest BCUT2D eigenvalue weighted by Gasteiger charge is 2.30. The van der Waals surface area contributed by atoms with Gasteiger partial charge in [-0.3, -0.25) is 14.6 Å². The molecule has 1 fully saturated rings. The Morgan fingerprint density at radius 2 is 1.82 bits per heavy atom. The van der Waals surface area contributed by atoms with E-state index < -0.39 is 23.1 Å². The molecule has 1 saturated carbocycles. The summed E-state index contributed by atoms with van der Waals surface area (Å²) in [5, 5.41) is 5.43. The van der Waals surface area contributed by atoms with Crippen molar-refractivity contribution in [2.75, 3.05) is 10.6 Å². The van der Waals surface area contributed by atoms with Crippen molar-refractivity contribution in [1.82, 2.24) is 15.0 Å². The Morgan fingerprint density at radius 1 is 1.08 bits per heavy atom. The van der Waals surface area contributed by atoms with Crippen LogP contribution >= 0.6 is 0 Å². The zero-order valence-corrected chi connectivity index (χ0v) is 20.8. The molecule has 0 unspecified atom stereocenters. The highest BCUT2D eigenvalue weighted by atomic mass is 19.3. The topological polar surface area (TPSA) is 149 Å². The number of pyridine rings is 1. The predicted molar refractivity (Wildman–Crippen MR) is 141 cm³/mol. The van der Waals surface area contributed by atoms with Gasteiger partial charge in [0.2, 0.25) is 5.91 Å². The van der Waals surface area contributed by atoms with Crippen molar-refractivity contribution in [2.45, 2.75) is 32.6 Å². The fourth-order valence-corrected chi connectivity index (χ4v) is 3.65. The Hall–Kier alpha value is -4.67. The number of anilines is 2. The number of carbonyl (C=O) groups is 2. The van der Waals surface area contributed by atoms with Gasteiger partial charge in [-0.1, -0.05) is 6.07 Å². The molecule has 4 rings (SSSR count). The van der Waals surface area contributed by atoms with Crippen molar-refractivity contribution in [3.05, 3.63) is 78.2 Å². The summed E-state index contributed by atoms with van der Waals surface area (Å²) in [4.78, 5) is 37.4. The van der Waals surface area contributed by atoms with Gasteiger partial charge in [-0.15, -0.1) is 0 Å². The van der Waals surface area contributed by atoms with E-state index in [0.29, 0.717) is 35.9 Å². The van der Waals surface area contributed by atoms with E-state index in [1.54, 1.807) is 36.7 Å². The van der Waals surface area contributed by atoms with E-state index in [2.05, 4.69) is 25.6 Å². The van der Waals surface area contributed by atoms with E-state index in [0.717, 1.165) is 35.6 Å². The lowest BCUT2D eigenvalue weighted by molar-refractivity contribution is -0.117. The lowest BCUT2D eigenvalue weighted by Crippen LogP contribution is -2.22. The monoisotopic (exact) mass is 519 g/mol. The Bertz CT molecular complexity index is 1440. The molecule has 0 radical (unpaired) electrons. The van der Waals surface area contributed by atoms with Crippen LogP contribution in [0.5, 0.6) is 0 Å². The van der Waals surface area contributed by atoms with E-state index in [9.17, 15) is 18.4 Å². The summed E-state index contributed by atoms with van der Waals surface area (Å²) in [6.07, 6.45) is 8.03. The van der Waals surface area contributed by atoms with Crippen LogP contribution in [0, 0.1) is 12.8 Å². The molecule has 6 N–H and O–H groups in total. The van der Waals surface area contributed by atoms with Crippen LogP contribution in [0.4, 0.5) is 20.3 Å².